The molecule has 0 aliphatic heterocycles. The van der Waals surface area contributed by atoms with Crippen LogP contribution in [0.2, 0.25) is 0 Å². The van der Waals surface area contributed by atoms with Crippen molar-refractivity contribution in [1.82, 2.24) is 4.98 Å². The number of aromatic nitrogens is 1. The van der Waals surface area contributed by atoms with E-state index in [-0.39, 0.29) is 12.4 Å². The second-order valence-electron chi connectivity index (χ2n) is 1.92. The van der Waals surface area contributed by atoms with Gasteiger partial charge in [0, 0.05) is 17.9 Å². The summed E-state index contributed by atoms with van der Waals surface area (Å²) in [5, 5.41) is 0. The molecule has 1 aromatic heterocycles. The van der Waals surface area contributed by atoms with Crippen LogP contribution in [0.25, 0.3) is 0 Å². The minimum atomic E-state index is 0. The van der Waals surface area contributed by atoms with Crippen molar-refractivity contribution < 1.29 is 0 Å². The van der Waals surface area contributed by atoms with Crippen LogP contribution in [-0.2, 0) is 6.42 Å². The first-order valence-corrected chi connectivity index (χ1v) is 3.51. The van der Waals surface area contributed by atoms with Gasteiger partial charge in [-0.05, 0) is 24.1 Å². The van der Waals surface area contributed by atoms with Crippen molar-refractivity contribution in [3.8, 4) is 0 Å². The number of pyridine rings is 1. The van der Waals surface area contributed by atoms with Gasteiger partial charge in [0.05, 0.1) is 0 Å². The summed E-state index contributed by atoms with van der Waals surface area (Å²) < 4.78 is 0. The van der Waals surface area contributed by atoms with Crippen LogP contribution in [-0.4, -0.2) is 4.98 Å². The first-order valence-electron chi connectivity index (χ1n) is 3.07. The van der Waals surface area contributed by atoms with E-state index < -0.39 is 0 Å². The van der Waals surface area contributed by atoms with Crippen molar-refractivity contribution >= 4 is 24.0 Å². The number of halogens is 2. The number of rotatable bonds is 2. The monoisotopic (exact) mass is 189 g/mol. The summed E-state index contributed by atoms with van der Waals surface area (Å²) in [6.07, 6.45) is 6.33. The minimum Gasteiger partial charge on any atom is -0.265 e. The SMILES string of the molecule is Cl.Cl/C=C/Cc1ccncc1. The van der Waals surface area contributed by atoms with E-state index in [9.17, 15) is 0 Å². The molecule has 0 aliphatic rings. The topological polar surface area (TPSA) is 12.9 Å². The zero-order valence-corrected chi connectivity index (χ0v) is 7.48. The maximum Gasteiger partial charge on any atom is 0.0270 e. The fourth-order valence-electron chi connectivity index (χ4n) is 0.699. The molecule has 0 N–H and O–H groups in total. The lowest BCUT2D eigenvalue weighted by Gasteiger charge is -1.91. The maximum atomic E-state index is 5.36. The van der Waals surface area contributed by atoms with E-state index in [0.29, 0.717) is 0 Å². The molecule has 0 aromatic carbocycles. The average Bonchev–Trinajstić information content (AvgIpc) is 2.03. The van der Waals surface area contributed by atoms with Gasteiger partial charge < -0.3 is 0 Å². The van der Waals surface area contributed by atoms with Gasteiger partial charge in [-0.2, -0.15) is 0 Å². The molecule has 60 valence electrons. The summed E-state index contributed by atoms with van der Waals surface area (Å²) >= 11 is 5.36. The summed E-state index contributed by atoms with van der Waals surface area (Å²) in [4.78, 5) is 3.90. The van der Waals surface area contributed by atoms with E-state index in [2.05, 4.69) is 4.98 Å². The summed E-state index contributed by atoms with van der Waals surface area (Å²) in [6.45, 7) is 0. The second-order valence-corrected chi connectivity index (χ2v) is 2.17. The van der Waals surface area contributed by atoms with Gasteiger partial charge in [0.15, 0.2) is 0 Å². The zero-order chi connectivity index (χ0) is 7.23. The van der Waals surface area contributed by atoms with E-state index in [1.807, 2.05) is 18.2 Å². The highest BCUT2D eigenvalue weighted by Crippen LogP contribution is 1.98. The van der Waals surface area contributed by atoms with Crippen LogP contribution in [0.4, 0.5) is 0 Å². The molecule has 0 spiro atoms. The smallest absolute Gasteiger partial charge is 0.0270 e. The van der Waals surface area contributed by atoms with Crippen molar-refractivity contribution in [2.24, 2.45) is 0 Å². The van der Waals surface area contributed by atoms with Gasteiger partial charge in [-0.3, -0.25) is 4.98 Å². The molecule has 0 fully saturated rings. The number of allylic oxidation sites excluding steroid dienone is 1. The van der Waals surface area contributed by atoms with Gasteiger partial charge in [-0.25, -0.2) is 0 Å². The van der Waals surface area contributed by atoms with Gasteiger partial charge >= 0.3 is 0 Å². The lowest BCUT2D eigenvalue weighted by Crippen LogP contribution is -1.79. The first kappa shape index (κ1) is 10.5. The highest BCUT2D eigenvalue weighted by molar-refractivity contribution is 6.25. The Balaban J connectivity index is 0.000001000. The molecule has 0 saturated heterocycles. The molecule has 0 bridgehead atoms. The van der Waals surface area contributed by atoms with Crippen LogP contribution in [0, 0.1) is 0 Å². The van der Waals surface area contributed by atoms with Crippen LogP contribution < -0.4 is 0 Å². The van der Waals surface area contributed by atoms with Gasteiger partial charge in [0.2, 0.25) is 0 Å². The first-order chi connectivity index (χ1) is 4.93. The molecule has 0 radical (unpaired) electrons. The van der Waals surface area contributed by atoms with Crippen molar-refractivity contribution in [3.63, 3.8) is 0 Å². The average molecular weight is 190 g/mol. The predicted octanol–water partition coefficient (Wildman–Crippen LogP) is 2.80. The van der Waals surface area contributed by atoms with E-state index >= 15 is 0 Å². The standard InChI is InChI=1S/C8H8ClN.ClH/c9-5-1-2-8-3-6-10-7-4-8;/h1,3-7H,2H2;1H/b5-1+;. The molecule has 0 unspecified atom stereocenters. The van der Waals surface area contributed by atoms with E-state index in [1.165, 1.54) is 11.1 Å². The third kappa shape index (κ3) is 4.02. The molecular weight excluding hydrogens is 181 g/mol. The Bertz CT molecular complexity index is 209. The van der Waals surface area contributed by atoms with Crippen molar-refractivity contribution in [2.45, 2.75) is 6.42 Å². The summed E-state index contributed by atoms with van der Waals surface area (Å²) in [5.41, 5.74) is 2.76. The zero-order valence-electron chi connectivity index (χ0n) is 5.90. The number of nitrogens with zero attached hydrogens (tertiary/aromatic N) is 1. The summed E-state index contributed by atoms with van der Waals surface area (Å²) in [6, 6.07) is 3.94. The molecule has 0 amide bonds. The summed E-state index contributed by atoms with van der Waals surface area (Å²) in [5.74, 6) is 0. The van der Waals surface area contributed by atoms with Crippen molar-refractivity contribution in [2.75, 3.05) is 0 Å². The largest absolute Gasteiger partial charge is 0.265 e. The molecule has 1 aromatic rings. The lowest BCUT2D eigenvalue weighted by molar-refractivity contribution is 1.21. The Morgan fingerprint density at radius 3 is 2.55 bits per heavy atom. The fraction of sp³-hybridized carbons (Fsp3) is 0.125. The van der Waals surface area contributed by atoms with Crippen molar-refractivity contribution in [1.29, 1.82) is 0 Å². The van der Waals surface area contributed by atoms with E-state index in [0.717, 1.165) is 6.42 Å². The molecular formula is C8H9Cl2N. The molecule has 11 heavy (non-hydrogen) atoms. The van der Waals surface area contributed by atoms with Crippen molar-refractivity contribution in [3.05, 3.63) is 41.7 Å². The highest BCUT2D eigenvalue weighted by atomic mass is 35.5. The molecule has 0 atom stereocenters. The Morgan fingerprint density at radius 2 is 2.00 bits per heavy atom. The molecule has 0 saturated carbocycles. The van der Waals surface area contributed by atoms with Gasteiger partial charge in [-0.15, -0.1) is 12.4 Å². The van der Waals surface area contributed by atoms with Gasteiger partial charge in [0.1, 0.15) is 0 Å². The Hall–Kier alpha value is -0.530. The highest BCUT2D eigenvalue weighted by Gasteiger charge is 1.84. The molecule has 1 rings (SSSR count). The van der Waals surface area contributed by atoms with Gasteiger partial charge in [-0.1, -0.05) is 17.7 Å². The Kier molecular flexibility index (Phi) is 5.90. The minimum absolute atomic E-state index is 0. The summed E-state index contributed by atoms with van der Waals surface area (Å²) in [7, 11) is 0. The van der Waals surface area contributed by atoms with Crippen LogP contribution in [0.1, 0.15) is 5.56 Å². The fourth-order valence-corrected chi connectivity index (χ4v) is 0.789. The van der Waals surface area contributed by atoms with E-state index in [4.69, 9.17) is 11.6 Å². The number of hydrogen-bond acceptors (Lipinski definition) is 1. The Morgan fingerprint density at radius 1 is 1.36 bits per heavy atom. The molecule has 3 heteroatoms. The van der Waals surface area contributed by atoms with Crippen LogP contribution in [0.5, 0.6) is 0 Å². The van der Waals surface area contributed by atoms with Gasteiger partial charge in [0.25, 0.3) is 0 Å². The molecule has 1 nitrogen and oxygen atoms in total. The predicted molar refractivity (Wildman–Crippen MR) is 50.2 cm³/mol. The second kappa shape index (κ2) is 6.20. The lowest BCUT2D eigenvalue weighted by atomic mass is 10.2. The van der Waals surface area contributed by atoms with Crippen LogP contribution in [0.15, 0.2) is 36.1 Å². The molecule has 0 aliphatic carbocycles. The Labute approximate surface area is 77.5 Å². The maximum absolute atomic E-state index is 5.36. The third-order valence-electron chi connectivity index (χ3n) is 1.19. The van der Waals surface area contributed by atoms with Crippen LogP contribution in [0.3, 0.4) is 0 Å². The normalized spacial score (nSPS) is 9.55. The van der Waals surface area contributed by atoms with E-state index in [1.54, 1.807) is 12.4 Å². The quantitative estimate of drug-likeness (QED) is 0.698. The number of hydrogen-bond donors (Lipinski definition) is 0. The van der Waals surface area contributed by atoms with Crippen LogP contribution >= 0.6 is 24.0 Å². The molecule has 1 heterocycles. The third-order valence-corrected chi connectivity index (χ3v) is 1.37.